The van der Waals surface area contributed by atoms with Gasteiger partial charge in [-0.2, -0.15) is 0 Å². The Labute approximate surface area is 276 Å². The van der Waals surface area contributed by atoms with Crippen molar-refractivity contribution in [3.63, 3.8) is 0 Å². The predicted molar refractivity (Wildman–Crippen MR) is 185 cm³/mol. The highest BCUT2D eigenvalue weighted by atomic mass is 35.5. The molecule has 0 saturated carbocycles. The molecule has 0 aliphatic rings. The summed E-state index contributed by atoms with van der Waals surface area (Å²) >= 11 is 6.53. The van der Waals surface area contributed by atoms with Gasteiger partial charge in [-0.15, -0.1) is 0 Å². The van der Waals surface area contributed by atoms with Crippen LogP contribution in [0.2, 0.25) is 5.02 Å². The summed E-state index contributed by atoms with van der Waals surface area (Å²) in [7, 11) is 0. The molecule has 232 valence electrons. The molecular formula is C37H23ClN6O4. The molecule has 0 bridgehead atoms. The molecule has 0 saturated heterocycles. The lowest BCUT2D eigenvalue weighted by Crippen LogP contribution is -2.07. The van der Waals surface area contributed by atoms with Crippen molar-refractivity contribution in [2.75, 3.05) is 0 Å². The number of aromatic amines is 2. The number of carboxylic acid groups (broad SMARTS) is 1. The molecular weight excluding hydrogens is 628 g/mol. The van der Waals surface area contributed by atoms with Gasteiger partial charge < -0.3 is 24.2 Å². The van der Waals surface area contributed by atoms with Gasteiger partial charge in [-0.25, -0.2) is 14.8 Å². The number of carboxylic acids is 1. The van der Waals surface area contributed by atoms with E-state index in [0.29, 0.717) is 43.9 Å². The van der Waals surface area contributed by atoms with Crippen molar-refractivity contribution in [3.8, 4) is 44.8 Å². The molecule has 11 heteroatoms. The van der Waals surface area contributed by atoms with E-state index in [1.54, 1.807) is 22.8 Å². The van der Waals surface area contributed by atoms with Crippen LogP contribution in [0.15, 0.2) is 132 Å². The number of benzene rings is 4. The van der Waals surface area contributed by atoms with E-state index in [1.807, 2.05) is 83.7 Å². The molecule has 4 heterocycles. The van der Waals surface area contributed by atoms with E-state index in [-0.39, 0.29) is 16.7 Å². The van der Waals surface area contributed by atoms with Crippen LogP contribution in [0.25, 0.3) is 66.8 Å². The summed E-state index contributed by atoms with van der Waals surface area (Å²) in [6, 6.07) is 29.6. The Morgan fingerprint density at radius 1 is 0.625 bits per heavy atom. The summed E-state index contributed by atoms with van der Waals surface area (Å²) in [6.07, 6.45) is 6.46. The highest BCUT2D eigenvalue weighted by molar-refractivity contribution is 6.33. The van der Waals surface area contributed by atoms with Crippen LogP contribution in [-0.2, 0) is 0 Å². The van der Waals surface area contributed by atoms with E-state index in [9.17, 15) is 19.5 Å². The maximum absolute atomic E-state index is 13.0. The number of hydrogen-bond donors (Lipinski definition) is 3. The number of H-pyrrole nitrogens is 2. The first-order valence-electron chi connectivity index (χ1n) is 14.8. The Morgan fingerprint density at radius 2 is 1.23 bits per heavy atom. The molecule has 4 aromatic carbocycles. The Hall–Kier alpha value is -6.52. The molecule has 3 N–H and O–H groups in total. The zero-order valence-electron chi connectivity index (χ0n) is 24.9. The monoisotopic (exact) mass is 650 g/mol. The number of hydrogen-bond acceptors (Lipinski definition) is 5. The van der Waals surface area contributed by atoms with E-state index in [2.05, 4.69) is 19.9 Å². The minimum Gasteiger partial charge on any atom is -0.478 e. The van der Waals surface area contributed by atoms with Crippen LogP contribution < -0.4 is 11.1 Å². The van der Waals surface area contributed by atoms with E-state index in [1.165, 1.54) is 24.8 Å². The van der Waals surface area contributed by atoms with Crippen molar-refractivity contribution in [2.45, 2.75) is 0 Å². The number of halogens is 1. The van der Waals surface area contributed by atoms with Gasteiger partial charge in [-0.1, -0.05) is 66.2 Å². The zero-order valence-corrected chi connectivity index (χ0v) is 25.6. The van der Waals surface area contributed by atoms with Crippen LogP contribution >= 0.6 is 11.6 Å². The average molecular weight is 651 g/mol. The third kappa shape index (κ3) is 4.79. The molecule has 4 aromatic heterocycles. The second kappa shape index (κ2) is 11.4. The lowest BCUT2D eigenvalue weighted by Gasteiger charge is -2.09. The summed E-state index contributed by atoms with van der Waals surface area (Å²) in [4.78, 5) is 51.7. The van der Waals surface area contributed by atoms with Crippen LogP contribution in [0, 0.1) is 0 Å². The summed E-state index contributed by atoms with van der Waals surface area (Å²) < 4.78 is 3.67. The van der Waals surface area contributed by atoms with Crippen molar-refractivity contribution in [1.82, 2.24) is 29.1 Å². The van der Waals surface area contributed by atoms with Gasteiger partial charge in [0, 0.05) is 45.5 Å². The number of rotatable bonds is 6. The van der Waals surface area contributed by atoms with Gasteiger partial charge in [0.2, 0.25) is 0 Å². The fourth-order valence-corrected chi connectivity index (χ4v) is 6.32. The van der Waals surface area contributed by atoms with Crippen molar-refractivity contribution >= 4 is 39.6 Å². The summed E-state index contributed by atoms with van der Waals surface area (Å²) in [5.41, 5.74) is 6.86. The first kappa shape index (κ1) is 28.9. The Morgan fingerprint density at radius 3 is 1.90 bits per heavy atom. The highest BCUT2D eigenvalue weighted by Gasteiger charge is 2.19. The molecule has 0 aliphatic heterocycles. The Kier molecular flexibility index (Phi) is 6.85. The van der Waals surface area contributed by atoms with E-state index in [0.717, 1.165) is 27.9 Å². The van der Waals surface area contributed by atoms with Crippen molar-refractivity contribution < 1.29 is 9.90 Å². The number of fused-ring (bicyclic) bond motifs is 2. The molecule has 8 aromatic rings. The third-order valence-corrected chi connectivity index (χ3v) is 8.72. The minimum absolute atomic E-state index is 0.164. The average Bonchev–Trinajstić information content (AvgIpc) is 3.70. The number of nitrogens with one attached hydrogen (secondary N) is 2. The van der Waals surface area contributed by atoms with Gasteiger partial charge in [0.15, 0.2) is 11.3 Å². The normalized spacial score (nSPS) is 11.4. The Bertz CT molecular complexity index is 2650. The van der Waals surface area contributed by atoms with Gasteiger partial charge in [-0.05, 0) is 59.2 Å². The number of aromatic carboxylic acids is 1. The fourth-order valence-electron chi connectivity index (χ4n) is 6.08. The SMILES string of the molecule is O=C(O)c1ccc(-n2cc(-c3ccc(-c4cccc(-n5cc(-c6ccccc6Cl)c6c(=O)[nH]cnc65)c4)cc3)c3c(=O)[nH]cnc32)cc1. The highest BCUT2D eigenvalue weighted by Crippen LogP contribution is 2.35. The lowest BCUT2D eigenvalue weighted by molar-refractivity contribution is 0.0697. The summed E-state index contributed by atoms with van der Waals surface area (Å²) in [5.74, 6) is -1.02. The number of carbonyl (C=O) groups is 1. The van der Waals surface area contributed by atoms with Crippen molar-refractivity contribution in [2.24, 2.45) is 0 Å². The van der Waals surface area contributed by atoms with Crippen molar-refractivity contribution in [1.29, 1.82) is 0 Å². The van der Waals surface area contributed by atoms with Crippen LogP contribution in [0.3, 0.4) is 0 Å². The quantitative estimate of drug-likeness (QED) is 0.176. The smallest absolute Gasteiger partial charge is 0.335 e. The first-order chi connectivity index (χ1) is 23.4. The van der Waals surface area contributed by atoms with Crippen LogP contribution in [0.5, 0.6) is 0 Å². The Balaban J connectivity index is 1.19. The predicted octanol–water partition coefficient (Wildman–Crippen LogP) is 7.09. The molecule has 0 aliphatic carbocycles. The van der Waals surface area contributed by atoms with Crippen LogP contribution in [0.4, 0.5) is 0 Å². The van der Waals surface area contributed by atoms with Gasteiger partial charge in [0.25, 0.3) is 11.1 Å². The van der Waals surface area contributed by atoms with Gasteiger partial charge >= 0.3 is 5.97 Å². The molecule has 0 atom stereocenters. The molecule has 10 nitrogen and oxygen atoms in total. The molecule has 0 radical (unpaired) electrons. The number of aromatic nitrogens is 6. The molecule has 0 spiro atoms. The summed E-state index contributed by atoms with van der Waals surface area (Å²) in [5, 5.41) is 10.7. The largest absolute Gasteiger partial charge is 0.478 e. The van der Waals surface area contributed by atoms with Crippen molar-refractivity contribution in [3.05, 3.63) is 153 Å². The van der Waals surface area contributed by atoms with E-state index in [4.69, 9.17) is 11.6 Å². The minimum atomic E-state index is -1.02. The second-order valence-electron chi connectivity index (χ2n) is 11.1. The third-order valence-electron chi connectivity index (χ3n) is 8.39. The molecule has 0 amide bonds. The molecule has 48 heavy (non-hydrogen) atoms. The fraction of sp³-hybridized carbons (Fsp3) is 0. The molecule has 0 fully saturated rings. The maximum Gasteiger partial charge on any atom is 0.335 e. The maximum atomic E-state index is 13.0. The van der Waals surface area contributed by atoms with Gasteiger partial charge in [0.1, 0.15) is 0 Å². The summed E-state index contributed by atoms with van der Waals surface area (Å²) in [6.45, 7) is 0. The topological polar surface area (TPSA) is 139 Å². The zero-order chi connectivity index (χ0) is 32.9. The standard InChI is InChI=1S/C37H23ClN6O4/c38-30-7-2-1-6-27(30)29-18-44(34-32(29)36(46)42-20-40-34)26-5-3-4-24(16-26)21-8-10-22(11-9-21)28-17-43(33-31(28)35(45)41-19-39-33)25-14-12-23(13-15-25)37(47)48/h1-20H,(H,47,48)(H,39,41,45)(H,40,42,46). The van der Waals surface area contributed by atoms with Crippen LogP contribution in [0.1, 0.15) is 10.4 Å². The van der Waals surface area contributed by atoms with Gasteiger partial charge in [-0.3, -0.25) is 9.59 Å². The van der Waals surface area contributed by atoms with E-state index < -0.39 is 5.97 Å². The molecule has 8 rings (SSSR count). The van der Waals surface area contributed by atoms with E-state index >= 15 is 0 Å². The van der Waals surface area contributed by atoms with Crippen LogP contribution in [-0.4, -0.2) is 40.1 Å². The molecule has 0 unspecified atom stereocenters. The lowest BCUT2D eigenvalue weighted by atomic mass is 10.0. The first-order valence-corrected chi connectivity index (χ1v) is 15.2. The second-order valence-corrected chi connectivity index (χ2v) is 11.6. The number of nitrogens with zero attached hydrogens (tertiary/aromatic N) is 4. The van der Waals surface area contributed by atoms with Gasteiger partial charge in [0.05, 0.1) is 29.0 Å².